The van der Waals surface area contributed by atoms with E-state index in [1.807, 2.05) is 0 Å². The molecule has 0 unspecified atom stereocenters. The summed E-state index contributed by atoms with van der Waals surface area (Å²) in [5.74, 6) is -1.89. The van der Waals surface area contributed by atoms with Crippen LogP contribution in [0.2, 0.25) is 0 Å². The van der Waals surface area contributed by atoms with Gasteiger partial charge >= 0.3 is 0 Å². The van der Waals surface area contributed by atoms with Gasteiger partial charge in [0.2, 0.25) is 5.91 Å². The predicted molar refractivity (Wildman–Crippen MR) is 91.5 cm³/mol. The minimum atomic E-state index is -0.743. The number of pyridine rings is 1. The maximum atomic E-state index is 13.8. The molecule has 0 bridgehead atoms. The molecule has 134 valence electrons. The molecule has 0 spiro atoms. The third-order valence-corrected chi connectivity index (χ3v) is 4.19. The van der Waals surface area contributed by atoms with Crippen LogP contribution in [-0.4, -0.2) is 21.1 Å². The van der Waals surface area contributed by atoms with Gasteiger partial charge in [-0.2, -0.15) is 5.10 Å². The fraction of sp³-hybridized carbons (Fsp3) is 0.222. The third-order valence-electron chi connectivity index (χ3n) is 4.19. The number of nitrogens with zero attached hydrogens (tertiary/aromatic N) is 2. The van der Waals surface area contributed by atoms with Crippen LogP contribution >= 0.6 is 0 Å². The molecule has 26 heavy (non-hydrogen) atoms. The van der Waals surface area contributed by atoms with Crippen molar-refractivity contribution in [2.45, 2.75) is 26.3 Å². The highest BCUT2D eigenvalue weighted by molar-refractivity contribution is 5.83. The molecular weight excluding hydrogens is 342 g/mol. The normalized spacial score (nSPS) is 12.2. The Hall–Kier alpha value is -3.16. The lowest BCUT2D eigenvalue weighted by Crippen LogP contribution is -2.31. The zero-order valence-electron chi connectivity index (χ0n) is 14.1. The quantitative estimate of drug-likeness (QED) is 0.749. The first-order valence-electron chi connectivity index (χ1n) is 7.94. The second-order valence-electron chi connectivity index (χ2n) is 5.98. The van der Waals surface area contributed by atoms with Gasteiger partial charge in [0.25, 0.3) is 5.56 Å². The van der Waals surface area contributed by atoms with Crippen molar-refractivity contribution < 1.29 is 13.6 Å². The van der Waals surface area contributed by atoms with Gasteiger partial charge in [-0.25, -0.2) is 8.78 Å². The van der Waals surface area contributed by atoms with Gasteiger partial charge in [0.1, 0.15) is 17.2 Å². The van der Waals surface area contributed by atoms with Crippen LogP contribution in [0, 0.1) is 18.6 Å². The average molecular weight is 358 g/mol. The monoisotopic (exact) mass is 358 g/mol. The van der Waals surface area contributed by atoms with E-state index in [0.29, 0.717) is 16.6 Å². The standard InChI is InChI=1S/C18H16F2N4O2/c1-9-13(18(26)23-15-5-6-21-24-17(9)15)8-16(25)22-10(2)12-4-3-11(19)7-14(12)20/h3-7,10H,8H2,1-2H3,(H,22,25)(H,23,26)/t10-/m0/s1. The van der Waals surface area contributed by atoms with E-state index in [4.69, 9.17) is 0 Å². The van der Waals surface area contributed by atoms with Crippen molar-refractivity contribution >= 4 is 16.9 Å². The summed E-state index contributed by atoms with van der Waals surface area (Å²) < 4.78 is 26.8. The molecule has 0 saturated carbocycles. The first-order chi connectivity index (χ1) is 12.4. The smallest absolute Gasteiger partial charge is 0.252 e. The highest BCUT2D eigenvalue weighted by Crippen LogP contribution is 2.18. The molecule has 6 nitrogen and oxygen atoms in total. The first kappa shape index (κ1) is 17.7. The van der Waals surface area contributed by atoms with Crippen LogP contribution in [0.1, 0.15) is 29.7 Å². The maximum Gasteiger partial charge on any atom is 0.252 e. The zero-order valence-corrected chi connectivity index (χ0v) is 14.1. The van der Waals surface area contributed by atoms with E-state index < -0.39 is 29.1 Å². The number of rotatable bonds is 4. The molecule has 2 aromatic heterocycles. The predicted octanol–water partition coefficient (Wildman–Crippen LogP) is 2.32. The highest BCUT2D eigenvalue weighted by atomic mass is 19.1. The Morgan fingerprint density at radius 1 is 1.31 bits per heavy atom. The molecule has 2 N–H and O–H groups in total. The molecule has 0 fully saturated rings. The number of fused-ring (bicyclic) bond motifs is 1. The molecule has 1 aromatic carbocycles. The Bertz CT molecular complexity index is 1050. The second kappa shape index (κ2) is 6.99. The van der Waals surface area contributed by atoms with E-state index in [9.17, 15) is 18.4 Å². The van der Waals surface area contributed by atoms with Gasteiger partial charge in [0.05, 0.1) is 24.2 Å². The second-order valence-corrected chi connectivity index (χ2v) is 5.98. The van der Waals surface area contributed by atoms with Gasteiger partial charge < -0.3 is 10.3 Å². The number of H-pyrrole nitrogens is 1. The summed E-state index contributed by atoms with van der Waals surface area (Å²) >= 11 is 0. The fourth-order valence-electron chi connectivity index (χ4n) is 2.82. The van der Waals surface area contributed by atoms with E-state index in [2.05, 4.69) is 20.5 Å². The van der Waals surface area contributed by atoms with Gasteiger partial charge in [-0.15, -0.1) is 5.10 Å². The number of aromatic amines is 1. The zero-order chi connectivity index (χ0) is 18.8. The van der Waals surface area contributed by atoms with Crippen LogP contribution in [0.15, 0.2) is 35.3 Å². The lowest BCUT2D eigenvalue weighted by molar-refractivity contribution is -0.121. The molecule has 0 saturated heterocycles. The van der Waals surface area contributed by atoms with Crippen LogP contribution in [0.25, 0.3) is 11.0 Å². The first-order valence-corrected chi connectivity index (χ1v) is 7.94. The Morgan fingerprint density at radius 2 is 2.08 bits per heavy atom. The van der Waals surface area contributed by atoms with Gasteiger partial charge in [-0.05, 0) is 31.5 Å². The summed E-state index contributed by atoms with van der Waals surface area (Å²) in [6, 6.07) is 4.11. The Balaban J connectivity index is 1.82. The lowest BCUT2D eigenvalue weighted by Gasteiger charge is -2.15. The highest BCUT2D eigenvalue weighted by Gasteiger charge is 2.18. The Kier molecular flexibility index (Phi) is 4.75. The van der Waals surface area contributed by atoms with Crippen molar-refractivity contribution in [3.63, 3.8) is 0 Å². The van der Waals surface area contributed by atoms with E-state index in [-0.39, 0.29) is 17.5 Å². The lowest BCUT2D eigenvalue weighted by atomic mass is 10.0. The van der Waals surface area contributed by atoms with Crippen molar-refractivity contribution in [3.05, 3.63) is 69.1 Å². The molecule has 3 rings (SSSR count). The largest absolute Gasteiger partial charge is 0.349 e. The molecule has 0 aliphatic heterocycles. The molecular formula is C18H16F2N4O2. The molecule has 1 atom stereocenters. The third kappa shape index (κ3) is 3.44. The van der Waals surface area contributed by atoms with Crippen molar-refractivity contribution in [1.82, 2.24) is 20.5 Å². The number of benzene rings is 1. The van der Waals surface area contributed by atoms with E-state index in [0.717, 1.165) is 12.1 Å². The van der Waals surface area contributed by atoms with Gasteiger partial charge in [0, 0.05) is 17.2 Å². The topological polar surface area (TPSA) is 87.7 Å². The Labute approximate surface area is 147 Å². The SMILES string of the molecule is Cc1c(CC(=O)N[C@@H](C)c2ccc(F)cc2F)c(=O)[nH]c2ccnnc12. The van der Waals surface area contributed by atoms with Gasteiger partial charge in [-0.1, -0.05) is 6.07 Å². The summed E-state index contributed by atoms with van der Waals surface area (Å²) in [5.41, 5.74) is 1.64. The summed E-state index contributed by atoms with van der Waals surface area (Å²) in [6.45, 7) is 3.27. The van der Waals surface area contributed by atoms with Crippen LogP contribution in [0.5, 0.6) is 0 Å². The van der Waals surface area contributed by atoms with Crippen molar-refractivity contribution in [1.29, 1.82) is 0 Å². The maximum absolute atomic E-state index is 13.8. The van der Waals surface area contributed by atoms with Gasteiger partial charge in [-0.3, -0.25) is 9.59 Å². The van der Waals surface area contributed by atoms with E-state index >= 15 is 0 Å². The molecule has 0 aliphatic rings. The molecule has 1 amide bonds. The minimum Gasteiger partial charge on any atom is -0.349 e. The number of carbonyl (C=O) groups excluding carboxylic acids is 1. The number of hydrogen-bond donors (Lipinski definition) is 2. The minimum absolute atomic E-state index is 0.162. The van der Waals surface area contributed by atoms with Crippen molar-refractivity contribution in [2.75, 3.05) is 0 Å². The molecule has 2 heterocycles. The molecule has 3 aromatic rings. The molecule has 8 heteroatoms. The number of carbonyl (C=O) groups is 1. The number of halogens is 2. The number of aromatic nitrogens is 3. The van der Waals surface area contributed by atoms with E-state index in [1.165, 1.54) is 12.3 Å². The van der Waals surface area contributed by atoms with Gasteiger partial charge in [0.15, 0.2) is 0 Å². The molecule has 0 radical (unpaired) electrons. The van der Waals surface area contributed by atoms with Crippen LogP contribution < -0.4 is 10.9 Å². The number of amides is 1. The summed E-state index contributed by atoms with van der Waals surface area (Å²) in [6.07, 6.45) is 1.27. The summed E-state index contributed by atoms with van der Waals surface area (Å²) in [5, 5.41) is 10.4. The fourth-order valence-corrected chi connectivity index (χ4v) is 2.82. The van der Waals surface area contributed by atoms with Crippen LogP contribution in [-0.2, 0) is 11.2 Å². The number of aryl methyl sites for hydroxylation is 1. The van der Waals surface area contributed by atoms with E-state index in [1.54, 1.807) is 19.9 Å². The number of hydrogen-bond acceptors (Lipinski definition) is 4. The molecule has 0 aliphatic carbocycles. The average Bonchev–Trinajstić information content (AvgIpc) is 2.58. The van der Waals surface area contributed by atoms with Crippen LogP contribution in [0.4, 0.5) is 8.78 Å². The summed E-state index contributed by atoms with van der Waals surface area (Å²) in [7, 11) is 0. The van der Waals surface area contributed by atoms with Crippen LogP contribution in [0.3, 0.4) is 0 Å². The van der Waals surface area contributed by atoms with Crippen molar-refractivity contribution in [3.8, 4) is 0 Å². The van der Waals surface area contributed by atoms with Crippen molar-refractivity contribution in [2.24, 2.45) is 0 Å². The Morgan fingerprint density at radius 3 is 2.81 bits per heavy atom. The number of nitrogens with one attached hydrogen (secondary N) is 2. The summed E-state index contributed by atoms with van der Waals surface area (Å²) in [4.78, 5) is 27.2.